The Balaban J connectivity index is 2.22. The largest absolute Gasteiger partial charge is 0.467 e. The highest BCUT2D eigenvalue weighted by Crippen LogP contribution is 2.15. The highest BCUT2D eigenvalue weighted by atomic mass is 16.5. The fourth-order valence-corrected chi connectivity index (χ4v) is 2.02. The molecule has 1 unspecified atom stereocenters. The molecule has 1 N–H and O–H groups in total. The fraction of sp³-hybridized carbons (Fsp3) is 0.733. The third kappa shape index (κ3) is 5.69. The molecule has 1 heterocycles. The molecule has 0 saturated carbocycles. The maximum absolute atomic E-state index is 5.75. The molecule has 0 spiro atoms. The molecule has 0 bridgehead atoms. The van der Waals surface area contributed by atoms with Gasteiger partial charge in [-0.05, 0) is 25.5 Å². The number of hydrogen-bond acceptors (Lipinski definition) is 3. The molecule has 18 heavy (non-hydrogen) atoms. The zero-order valence-corrected chi connectivity index (χ0v) is 12.0. The first-order valence-electron chi connectivity index (χ1n) is 7.08. The summed E-state index contributed by atoms with van der Waals surface area (Å²) in [4.78, 5) is 0. The Labute approximate surface area is 111 Å². The van der Waals surface area contributed by atoms with Gasteiger partial charge < -0.3 is 14.5 Å². The first-order valence-corrected chi connectivity index (χ1v) is 7.08. The standard InChI is InChI=1S/C15H27NO2/c1-4-6-7-13(5-2)10-17-12-15-8-14(9-16-3)11-18-15/h8,11,13,16H,4-7,9-10,12H2,1-3H3. The van der Waals surface area contributed by atoms with Crippen molar-refractivity contribution in [1.29, 1.82) is 0 Å². The van der Waals surface area contributed by atoms with Crippen molar-refractivity contribution in [2.24, 2.45) is 5.92 Å². The minimum absolute atomic E-state index is 0.590. The van der Waals surface area contributed by atoms with Crippen LogP contribution in [-0.2, 0) is 17.9 Å². The van der Waals surface area contributed by atoms with Gasteiger partial charge in [0.15, 0.2) is 0 Å². The highest BCUT2D eigenvalue weighted by Gasteiger charge is 2.07. The van der Waals surface area contributed by atoms with Crippen molar-refractivity contribution in [2.75, 3.05) is 13.7 Å². The Morgan fingerprint density at radius 2 is 2.22 bits per heavy atom. The van der Waals surface area contributed by atoms with Crippen LogP contribution in [0.2, 0.25) is 0 Å². The topological polar surface area (TPSA) is 34.4 Å². The fourth-order valence-electron chi connectivity index (χ4n) is 2.02. The van der Waals surface area contributed by atoms with Gasteiger partial charge in [-0.25, -0.2) is 0 Å². The predicted molar refractivity (Wildman–Crippen MR) is 74.4 cm³/mol. The molecular formula is C15H27NO2. The quantitative estimate of drug-likeness (QED) is 0.690. The molecule has 0 aliphatic carbocycles. The molecule has 0 radical (unpaired) electrons. The number of hydrogen-bond donors (Lipinski definition) is 1. The van der Waals surface area contributed by atoms with Crippen molar-refractivity contribution in [3.8, 4) is 0 Å². The molecule has 0 amide bonds. The van der Waals surface area contributed by atoms with Crippen molar-refractivity contribution < 1.29 is 9.15 Å². The Morgan fingerprint density at radius 3 is 2.89 bits per heavy atom. The molecule has 3 nitrogen and oxygen atoms in total. The normalized spacial score (nSPS) is 12.8. The lowest BCUT2D eigenvalue weighted by atomic mass is 10.0. The molecule has 0 aromatic carbocycles. The van der Waals surface area contributed by atoms with Crippen LogP contribution in [-0.4, -0.2) is 13.7 Å². The van der Waals surface area contributed by atoms with E-state index in [4.69, 9.17) is 9.15 Å². The molecule has 1 aromatic rings. The average molecular weight is 253 g/mol. The minimum atomic E-state index is 0.590. The summed E-state index contributed by atoms with van der Waals surface area (Å²) < 4.78 is 11.2. The summed E-state index contributed by atoms with van der Waals surface area (Å²) in [7, 11) is 1.93. The lowest BCUT2D eigenvalue weighted by Gasteiger charge is -2.13. The SMILES string of the molecule is CCCCC(CC)COCc1cc(CNC)co1. The summed E-state index contributed by atoms with van der Waals surface area (Å²) in [6.45, 7) is 6.75. The molecule has 1 atom stereocenters. The van der Waals surface area contributed by atoms with E-state index in [9.17, 15) is 0 Å². The van der Waals surface area contributed by atoms with Crippen molar-refractivity contribution in [1.82, 2.24) is 5.32 Å². The van der Waals surface area contributed by atoms with Gasteiger partial charge in [-0.1, -0.05) is 33.1 Å². The van der Waals surface area contributed by atoms with E-state index >= 15 is 0 Å². The average Bonchev–Trinajstić information content (AvgIpc) is 2.82. The van der Waals surface area contributed by atoms with Crippen molar-refractivity contribution in [3.63, 3.8) is 0 Å². The van der Waals surface area contributed by atoms with Crippen molar-refractivity contribution in [2.45, 2.75) is 52.7 Å². The Kier molecular flexibility index (Phi) is 7.78. The lowest BCUT2D eigenvalue weighted by molar-refractivity contribution is 0.0709. The van der Waals surface area contributed by atoms with Gasteiger partial charge in [0.2, 0.25) is 0 Å². The van der Waals surface area contributed by atoms with Crippen LogP contribution in [0.4, 0.5) is 0 Å². The van der Waals surface area contributed by atoms with Gasteiger partial charge >= 0.3 is 0 Å². The van der Waals surface area contributed by atoms with Crippen molar-refractivity contribution in [3.05, 3.63) is 23.7 Å². The third-order valence-corrected chi connectivity index (χ3v) is 3.23. The Bertz CT molecular complexity index is 309. The van der Waals surface area contributed by atoms with Crippen LogP contribution >= 0.6 is 0 Å². The van der Waals surface area contributed by atoms with Crippen LogP contribution in [0.25, 0.3) is 0 Å². The summed E-state index contributed by atoms with van der Waals surface area (Å²) >= 11 is 0. The molecule has 0 saturated heterocycles. The van der Waals surface area contributed by atoms with E-state index in [1.165, 1.54) is 31.2 Å². The minimum Gasteiger partial charge on any atom is -0.467 e. The van der Waals surface area contributed by atoms with E-state index in [0.717, 1.165) is 18.9 Å². The van der Waals surface area contributed by atoms with Gasteiger partial charge in [-0.2, -0.15) is 0 Å². The van der Waals surface area contributed by atoms with Crippen LogP contribution in [0.1, 0.15) is 50.9 Å². The smallest absolute Gasteiger partial charge is 0.129 e. The van der Waals surface area contributed by atoms with Gasteiger partial charge in [0.25, 0.3) is 0 Å². The van der Waals surface area contributed by atoms with E-state index in [-0.39, 0.29) is 0 Å². The van der Waals surface area contributed by atoms with Crippen molar-refractivity contribution >= 4 is 0 Å². The van der Waals surface area contributed by atoms with Crippen LogP contribution < -0.4 is 5.32 Å². The summed E-state index contributed by atoms with van der Waals surface area (Å²) in [6, 6.07) is 2.06. The molecule has 3 heteroatoms. The highest BCUT2D eigenvalue weighted by molar-refractivity contribution is 5.11. The molecule has 104 valence electrons. The second-order valence-corrected chi connectivity index (χ2v) is 4.88. The molecule has 0 fully saturated rings. The number of furan rings is 1. The summed E-state index contributed by atoms with van der Waals surface area (Å²) in [5.74, 6) is 1.61. The molecule has 1 rings (SSSR count). The van der Waals surface area contributed by atoms with E-state index in [2.05, 4.69) is 25.2 Å². The molecule has 0 aliphatic heterocycles. The lowest BCUT2D eigenvalue weighted by Crippen LogP contribution is -2.08. The first-order chi connectivity index (χ1) is 8.80. The number of ether oxygens (including phenoxy) is 1. The zero-order valence-electron chi connectivity index (χ0n) is 12.0. The monoisotopic (exact) mass is 253 g/mol. The van der Waals surface area contributed by atoms with E-state index in [1.807, 2.05) is 7.05 Å². The predicted octanol–water partition coefficient (Wildman–Crippen LogP) is 3.73. The van der Waals surface area contributed by atoms with Crippen LogP contribution in [0, 0.1) is 5.92 Å². The number of nitrogens with one attached hydrogen (secondary N) is 1. The third-order valence-electron chi connectivity index (χ3n) is 3.23. The van der Waals surface area contributed by atoms with Gasteiger partial charge in [0, 0.05) is 18.7 Å². The summed E-state index contributed by atoms with van der Waals surface area (Å²) in [5, 5.41) is 3.10. The second kappa shape index (κ2) is 9.17. The first kappa shape index (κ1) is 15.3. The molecule has 0 aliphatic rings. The second-order valence-electron chi connectivity index (χ2n) is 4.88. The zero-order chi connectivity index (χ0) is 13.2. The summed E-state index contributed by atoms with van der Waals surface area (Å²) in [6.07, 6.45) is 6.83. The molecule has 1 aromatic heterocycles. The Hall–Kier alpha value is -0.800. The van der Waals surface area contributed by atoms with E-state index < -0.39 is 0 Å². The van der Waals surface area contributed by atoms with E-state index in [1.54, 1.807) is 6.26 Å². The van der Waals surface area contributed by atoms with Gasteiger partial charge in [0.1, 0.15) is 12.4 Å². The van der Waals surface area contributed by atoms with Crippen LogP contribution in [0.3, 0.4) is 0 Å². The number of rotatable bonds is 10. The maximum atomic E-state index is 5.75. The van der Waals surface area contributed by atoms with Gasteiger partial charge in [-0.3, -0.25) is 0 Å². The van der Waals surface area contributed by atoms with Gasteiger partial charge in [0.05, 0.1) is 6.26 Å². The Morgan fingerprint density at radius 1 is 1.39 bits per heavy atom. The molecular weight excluding hydrogens is 226 g/mol. The van der Waals surface area contributed by atoms with Crippen LogP contribution in [0.5, 0.6) is 0 Å². The summed E-state index contributed by atoms with van der Waals surface area (Å²) in [5.41, 5.74) is 1.18. The van der Waals surface area contributed by atoms with Gasteiger partial charge in [-0.15, -0.1) is 0 Å². The van der Waals surface area contributed by atoms with E-state index in [0.29, 0.717) is 12.5 Å². The van der Waals surface area contributed by atoms with Crippen LogP contribution in [0.15, 0.2) is 16.7 Å². The number of unbranched alkanes of at least 4 members (excludes halogenated alkanes) is 1. The maximum Gasteiger partial charge on any atom is 0.129 e.